The normalized spacial score (nSPS) is 11.1. The summed E-state index contributed by atoms with van der Waals surface area (Å²) in [7, 11) is -4.09. The zero-order valence-electron chi connectivity index (χ0n) is 10.5. The van der Waals surface area contributed by atoms with E-state index in [1.807, 2.05) is 4.72 Å². The Balaban J connectivity index is 2.36. The molecule has 0 fully saturated rings. The van der Waals surface area contributed by atoms with Gasteiger partial charge in [-0.3, -0.25) is 14.8 Å². The maximum Gasteiger partial charge on any atom is 0.269 e. The first kappa shape index (κ1) is 14.7. The maximum absolute atomic E-state index is 13.6. The first-order chi connectivity index (χ1) is 9.81. The van der Waals surface area contributed by atoms with Gasteiger partial charge in [0.1, 0.15) is 11.5 Å². The summed E-state index contributed by atoms with van der Waals surface area (Å²) < 4.78 is 39.8. The predicted molar refractivity (Wildman–Crippen MR) is 74.7 cm³/mol. The number of nitrogens with two attached hydrogens (primary N) is 1. The second-order valence-corrected chi connectivity index (χ2v) is 5.74. The Kier molecular flexibility index (Phi) is 3.76. The van der Waals surface area contributed by atoms with Gasteiger partial charge < -0.3 is 5.73 Å². The van der Waals surface area contributed by atoms with E-state index < -0.39 is 20.8 Å². The summed E-state index contributed by atoms with van der Waals surface area (Å²) >= 11 is 0. The minimum atomic E-state index is -4.09. The fourth-order valence-electron chi connectivity index (χ4n) is 1.59. The molecule has 2 rings (SSSR count). The van der Waals surface area contributed by atoms with E-state index in [0.717, 1.165) is 30.3 Å². The van der Waals surface area contributed by atoms with E-state index in [-0.39, 0.29) is 22.0 Å². The summed E-state index contributed by atoms with van der Waals surface area (Å²) in [5.41, 5.74) is 4.83. The minimum absolute atomic E-state index is 0.0690. The van der Waals surface area contributed by atoms with Crippen LogP contribution in [0.5, 0.6) is 0 Å². The van der Waals surface area contributed by atoms with Crippen LogP contribution >= 0.6 is 0 Å². The monoisotopic (exact) mass is 311 g/mol. The highest BCUT2D eigenvalue weighted by molar-refractivity contribution is 7.92. The third-order valence-corrected chi connectivity index (χ3v) is 4.01. The lowest BCUT2D eigenvalue weighted by Crippen LogP contribution is -2.15. The molecule has 0 saturated carbocycles. The number of halogens is 1. The van der Waals surface area contributed by atoms with E-state index in [4.69, 9.17) is 5.73 Å². The lowest BCUT2D eigenvalue weighted by molar-refractivity contribution is -0.384. The molecule has 0 bridgehead atoms. The molecule has 0 heterocycles. The predicted octanol–water partition coefficient (Wildman–Crippen LogP) is 2.12. The largest absolute Gasteiger partial charge is 0.397 e. The molecule has 2 aromatic carbocycles. The number of hydrogen-bond acceptors (Lipinski definition) is 5. The van der Waals surface area contributed by atoms with Gasteiger partial charge in [0.2, 0.25) is 0 Å². The zero-order chi connectivity index (χ0) is 15.6. The standard InChI is InChI=1S/C12H10FN3O4S/c13-10-2-1-3-11(14)12(10)15-21(19,20)9-6-4-8(5-7-9)16(17)18/h1-7,15H,14H2. The molecule has 0 unspecified atom stereocenters. The quantitative estimate of drug-likeness (QED) is 0.510. The fourth-order valence-corrected chi connectivity index (χ4v) is 2.69. The van der Waals surface area contributed by atoms with Crippen molar-refractivity contribution in [2.75, 3.05) is 10.5 Å². The second kappa shape index (κ2) is 5.37. The van der Waals surface area contributed by atoms with E-state index >= 15 is 0 Å². The molecule has 2 aromatic rings. The van der Waals surface area contributed by atoms with Crippen LogP contribution in [-0.4, -0.2) is 13.3 Å². The number of para-hydroxylation sites is 1. The van der Waals surface area contributed by atoms with E-state index in [1.165, 1.54) is 12.1 Å². The van der Waals surface area contributed by atoms with Crippen LogP contribution in [0.2, 0.25) is 0 Å². The highest BCUT2D eigenvalue weighted by Gasteiger charge is 2.19. The van der Waals surface area contributed by atoms with Crippen molar-refractivity contribution in [2.45, 2.75) is 4.90 Å². The molecule has 110 valence electrons. The zero-order valence-corrected chi connectivity index (χ0v) is 11.3. The number of nitro benzene ring substituents is 1. The average molecular weight is 311 g/mol. The van der Waals surface area contributed by atoms with Crippen molar-refractivity contribution in [3.8, 4) is 0 Å². The third-order valence-electron chi connectivity index (χ3n) is 2.64. The van der Waals surface area contributed by atoms with Crippen LogP contribution in [0.4, 0.5) is 21.5 Å². The fraction of sp³-hybridized carbons (Fsp3) is 0. The molecule has 3 N–H and O–H groups in total. The van der Waals surface area contributed by atoms with E-state index in [2.05, 4.69) is 0 Å². The van der Waals surface area contributed by atoms with Gasteiger partial charge in [-0.25, -0.2) is 12.8 Å². The number of nitrogen functional groups attached to an aromatic ring is 1. The van der Waals surface area contributed by atoms with Gasteiger partial charge in [-0.15, -0.1) is 0 Å². The Labute approximate surface area is 119 Å². The summed E-state index contributed by atoms with van der Waals surface area (Å²) in [6.45, 7) is 0. The van der Waals surface area contributed by atoms with Crippen LogP contribution in [0.1, 0.15) is 0 Å². The van der Waals surface area contributed by atoms with Crippen LogP contribution in [0.25, 0.3) is 0 Å². The van der Waals surface area contributed by atoms with Crippen molar-refractivity contribution >= 4 is 27.1 Å². The number of benzene rings is 2. The van der Waals surface area contributed by atoms with Crippen molar-refractivity contribution in [1.82, 2.24) is 0 Å². The lowest BCUT2D eigenvalue weighted by Gasteiger charge is -2.10. The molecule has 0 aromatic heterocycles. The molecule has 0 amide bonds. The molecule has 0 radical (unpaired) electrons. The Morgan fingerprint density at radius 3 is 2.29 bits per heavy atom. The average Bonchev–Trinajstić information content (AvgIpc) is 2.43. The molecule has 0 aliphatic carbocycles. The first-order valence-corrected chi connectivity index (χ1v) is 7.11. The number of anilines is 2. The summed E-state index contributed by atoms with van der Waals surface area (Å²) in [5, 5.41) is 10.5. The Morgan fingerprint density at radius 2 is 1.76 bits per heavy atom. The third kappa shape index (κ3) is 3.08. The van der Waals surface area contributed by atoms with Crippen molar-refractivity contribution in [3.63, 3.8) is 0 Å². The Hall–Kier alpha value is -2.68. The topological polar surface area (TPSA) is 115 Å². The molecule has 0 spiro atoms. The Morgan fingerprint density at radius 1 is 1.14 bits per heavy atom. The number of sulfonamides is 1. The smallest absolute Gasteiger partial charge is 0.269 e. The summed E-state index contributed by atoms with van der Waals surface area (Å²) in [6, 6.07) is 7.93. The number of hydrogen-bond donors (Lipinski definition) is 2. The number of nitro groups is 1. The van der Waals surface area contributed by atoms with Gasteiger partial charge in [0.15, 0.2) is 0 Å². The van der Waals surface area contributed by atoms with E-state index in [1.54, 1.807) is 0 Å². The number of nitrogens with zero attached hydrogens (tertiary/aromatic N) is 1. The molecule has 21 heavy (non-hydrogen) atoms. The highest BCUT2D eigenvalue weighted by Crippen LogP contribution is 2.25. The maximum atomic E-state index is 13.6. The summed E-state index contributed by atoms with van der Waals surface area (Å²) in [6.07, 6.45) is 0. The Bertz CT molecular complexity index is 770. The van der Waals surface area contributed by atoms with Gasteiger partial charge in [0, 0.05) is 12.1 Å². The lowest BCUT2D eigenvalue weighted by atomic mass is 10.3. The highest BCUT2D eigenvalue weighted by atomic mass is 32.2. The molecule has 0 aliphatic heterocycles. The van der Waals surface area contributed by atoms with Gasteiger partial charge >= 0.3 is 0 Å². The number of non-ortho nitro benzene ring substituents is 1. The van der Waals surface area contributed by atoms with Crippen molar-refractivity contribution in [1.29, 1.82) is 0 Å². The molecular weight excluding hydrogens is 301 g/mol. The SMILES string of the molecule is Nc1cccc(F)c1NS(=O)(=O)c1ccc([N+](=O)[O-])cc1. The van der Waals surface area contributed by atoms with Gasteiger partial charge in [-0.1, -0.05) is 6.07 Å². The molecule has 0 atom stereocenters. The van der Waals surface area contributed by atoms with Gasteiger partial charge in [0.25, 0.3) is 15.7 Å². The molecule has 7 nitrogen and oxygen atoms in total. The molecule has 9 heteroatoms. The van der Waals surface area contributed by atoms with Crippen molar-refractivity contribution < 1.29 is 17.7 Å². The van der Waals surface area contributed by atoms with E-state index in [0.29, 0.717) is 0 Å². The number of rotatable bonds is 4. The molecular formula is C12H10FN3O4S. The van der Waals surface area contributed by atoms with Gasteiger partial charge in [-0.2, -0.15) is 0 Å². The summed E-state index contributed by atoms with van der Waals surface area (Å²) in [4.78, 5) is 9.62. The van der Waals surface area contributed by atoms with Crippen LogP contribution in [0.15, 0.2) is 47.4 Å². The number of nitrogens with one attached hydrogen (secondary N) is 1. The van der Waals surface area contributed by atoms with Crippen molar-refractivity contribution in [2.24, 2.45) is 0 Å². The second-order valence-electron chi connectivity index (χ2n) is 4.06. The molecule has 0 saturated heterocycles. The summed E-state index contributed by atoms with van der Waals surface area (Å²) in [5.74, 6) is -0.819. The van der Waals surface area contributed by atoms with Gasteiger partial charge in [-0.05, 0) is 24.3 Å². The van der Waals surface area contributed by atoms with Crippen LogP contribution in [0.3, 0.4) is 0 Å². The van der Waals surface area contributed by atoms with Crippen LogP contribution in [0, 0.1) is 15.9 Å². The van der Waals surface area contributed by atoms with Crippen LogP contribution < -0.4 is 10.5 Å². The van der Waals surface area contributed by atoms with Crippen molar-refractivity contribution in [3.05, 3.63) is 58.4 Å². The van der Waals surface area contributed by atoms with Crippen LogP contribution in [-0.2, 0) is 10.0 Å². The first-order valence-electron chi connectivity index (χ1n) is 5.62. The minimum Gasteiger partial charge on any atom is -0.397 e. The van der Waals surface area contributed by atoms with E-state index in [9.17, 15) is 22.9 Å². The van der Waals surface area contributed by atoms with Gasteiger partial charge in [0.05, 0.1) is 15.5 Å². The molecule has 0 aliphatic rings.